The maximum absolute atomic E-state index is 6.04. The molecular weight excluding hydrogens is 272 g/mol. The van der Waals surface area contributed by atoms with Crippen molar-refractivity contribution in [2.45, 2.75) is 19.9 Å². The third-order valence-corrected chi connectivity index (χ3v) is 4.16. The Morgan fingerprint density at radius 2 is 1.95 bits per heavy atom. The number of likely N-dealkylation sites (N-methyl/N-ethyl adjacent to an activating group) is 1. The van der Waals surface area contributed by atoms with Gasteiger partial charge in [-0.3, -0.25) is 4.99 Å². The SMILES string of the molecule is CCN(CC)CCN1C(N)=NCC1c1ccc(Cl)cc1. The van der Waals surface area contributed by atoms with Crippen LogP contribution in [0.1, 0.15) is 25.5 Å². The van der Waals surface area contributed by atoms with Crippen molar-refractivity contribution in [2.75, 3.05) is 32.7 Å². The topological polar surface area (TPSA) is 44.9 Å². The van der Waals surface area contributed by atoms with E-state index in [4.69, 9.17) is 17.3 Å². The number of rotatable bonds is 6. The summed E-state index contributed by atoms with van der Waals surface area (Å²) < 4.78 is 0. The lowest BCUT2D eigenvalue weighted by Crippen LogP contribution is -2.41. The Labute approximate surface area is 126 Å². The van der Waals surface area contributed by atoms with E-state index in [9.17, 15) is 0 Å². The van der Waals surface area contributed by atoms with Gasteiger partial charge in [-0.2, -0.15) is 0 Å². The van der Waals surface area contributed by atoms with E-state index in [1.54, 1.807) is 0 Å². The maximum atomic E-state index is 6.04. The minimum atomic E-state index is 0.239. The van der Waals surface area contributed by atoms with E-state index in [0.717, 1.165) is 37.7 Å². The average Bonchev–Trinajstić information content (AvgIpc) is 2.82. The summed E-state index contributed by atoms with van der Waals surface area (Å²) in [4.78, 5) is 8.99. The fraction of sp³-hybridized carbons (Fsp3) is 0.533. The van der Waals surface area contributed by atoms with E-state index < -0.39 is 0 Å². The Bertz CT molecular complexity index is 453. The third-order valence-electron chi connectivity index (χ3n) is 3.90. The molecule has 4 nitrogen and oxygen atoms in total. The van der Waals surface area contributed by atoms with Crippen molar-refractivity contribution in [3.63, 3.8) is 0 Å². The summed E-state index contributed by atoms with van der Waals surface area (Å²) in [6.07, 6.45) is 0. The Morgan fingerprint density at radius 1 is 1.30 bits per heavy atom. The van der Waals surface area contributed by atoms with Gasteiger partial charge >= 0.3 is 0 Å². The van der Waals surface area contributed by atoms with Gasteiger partial charge in [-0.05, 0) is 30.8 Å². The van der Waals surface area contributed by atoms with Crippen LogP contribution in [0.3, 0.4) is 0 Å². The summed E-state index contributed by atoms with van der Waals surface area (Å²) in [6, 6.07) is 8.21. The molecule has 0 spiro atoms. The number of nitrogens with zero attached hydrogens (tertiary/aromatic N) is 3. The first kappa shape index (κ1) is 15.1. The van der Waals surface area contributed by atoms with Gasteiger partial charge in [0.2, 0.25) is 0 Å². The van der Waals surface area contributed by atoms with E-state index in [1.807, 2.05) is 12.1 Å². The van der Waals surface area contributed by atoms with Crippen LogP contribution in [0.2, 0.25) is 5.02 Å². The quantitative estimate of drug-likeness (QED) is 0.876. The largest absolute Gasteiger partial charge is 0.370 e. The van der Waals surface area contributed by atoms with Gasteiger partial charge in [0, 0.05) is 18.1 Å². The van der Waals surface area contributed by atoms with Crippen LogP contribution in [-0.2, 0) is 0 Å². The van der Waals surface area contributed by atoms with Crippen molar-refractivity contribution >= 4 is 17.6 Å². The van der Waals surface area contributed by atoms with Gasteiger partial charge in [-0.1, -0.05) is 37.6 Å². The highest BCUT2D eigenvalue weighted by molar-refractivity contribution is 6.30. The maximum Gasteiger partial charge on any atom is 0.191 e. The predicted molar refractivity (Wildman–Crippen MR) is 85.2 cm³/mol. The van der Waals surface area contributed by atoms with Crippen molar-refractivity contribution in [1.82, 2.24) is 9.80 Å². The van der Waals surface area contributed by atoms with Crippen molar-refractivity contribution in [3.05, 3.63) is 34.9 Å². The Hall–Kier alpha value is -1.26. The minimum Gasteiger partial charge on any atom is -0.370 e. The van der Waals surface area contributed by atoms with Gasteiger partial charge in [0.1, 0.15) is 0 Å². The molecule has 0 amide bonds. The van der Waals surface area contributed by atoms with Crippen LogP contribution < -0.4 is 5.73 Å². The van der Waals surface area contributed by atoms with E-state index in [2.05, 4.69) is 40.8 Å². The lowest BCUT2D eigenvalue weighted by Gasteiger charge is -2.29. The highest BCUT2D eigenvalue weighted by Gasteiger charge is 2.27. The number of aliphatic imine (C=N–C) groups is 1. The zero-order chi connectivity index (χ0) is 14.5. The predicted octanol–water partition coefficient (Wildman–Crippen LogP) is 2.35. The summed E-state index contributed by atoms with van der Waals surface area (Å²) >= 11 is 5.95. The highest BCUT2D eigenvalue weighted by atomic mass is 35.5. The van der Waals surface area contributed by atoms with Gasteiger partial charge in [0.05, 0.1) is 12.6 Å². The van der Waals surface area contributed by atoms with E-state index in [-0.39, 0.29) is 6.04 Å². The fourth-order valence-corrected chi connectivity index (χ4v) is 2.68. The number of guanidine groups is 1. The molecule has 1 aromatic carbocycles. The molecule has 20 heavy (non-hydrogen) atoms. The summed E-state index contributed by atoms with van der Waals surface area (Å²) in [5.41, 5.74) is 7.26. The first-order valence-electron chi connectivity index (χ1n) is 7.20. The zero-order valence-electron chi connectivity index (χ0n) is 12.2. The van der Waals surface area contributed by atoms with Crippen molar-refractivity contribution in [1.29, 1.82) is 0 Å². The van der Waals surface area contributed by atoms with Crippen LogP contribution in [0, 0.1) is 0 Å². The molecule has 0 aliphatic carbocycles. The average molecular weight is 295 g/mol. The first-order valence-corrected chi connectivity index (χ1v) is 7.57. The molecule has 1 aromatic rings. The Balaban J connectivity index is 2.04. The molecule has 1 aliphatic heterocycles. The Kier molecular flexibility index (Phi) is 5.26. The summed E-state index contributed by atoms with van der Waals surface area (Å²) in [7, 11) is 0. The number of hydrogen-bond donors (Lipinski definition) is 1. The molecule has 1 aliphatic rings. The van der Waals surface area contributed by atoms with Crippen molar-refractivity contribution in [2.24, 2.45) is 10.7 Å². The fourth-order valence-electron chi connectivity index (χ4n) is 2.56. The molecule has 0 saturated heterocycles. The summed E-state index contributed by atoms with van der Waals surface area (Å²) in [5, 5.41) is 0.760. The van der Waals surface area contributed by atoms with Crippen LogP contribution in [0.25, 0.3) is 0 Å². The second-order valence-electron chi connectivity index (χ2n) is 4.99. The third kappa shape index (κ3) is 3.44. The number of hydrogen-bond acceptors (Lipinski definition) is 4. The van der Waals surface area contributed by atoms with Gasteiger partial charge in [0.25, 0.3) is 0 Å². The van der Waals surface area contributed by atoms with Crippen LogP contribution in [0.5, 0.6) is 0 Å². The van der Waals surface area contributed by atoms with Crippen molar-refractivity contribution in [3.8, 4) is 0 Å². The van der Waals surface area contributed by atoms with Gasteiger partial charge < -0.3 is 15.5 Å². The molecular formula is C15H23ClN4. The molecule has 2 rings (SSSR count). The molecule has 5 heteroatoms. The normalized spacial score (nSPS) is 18.7. The molecule has 0 radical (unpaired) electrons. The summed E-state index contributed by atoms with van der Waals surface area (Å²) in [6.45, 7) is 9.13. The van der Waals surface area contributed by atoms with E-state index in [1.165, 1.54) is 5.56 Å². The number of nitrogens with two attached hydrogens (primary N) is 1. The van der Waals surface area contributed by atoms with Gasteiger partial charge in [-0.25, -0.2) is 0 Å². The molecule has 0 fully saturated rings. The molecule has 2 N–H and O–H groups in total. The lowest BCUT2D eigenvalue weighted by molar-refractivity contribution is 0.248. The second kappa shape index (κ2) is 6.95. The zero-order valence-corrected chi connectivity index (χ0v) is 13.0. The molecule has 110 valence electrons. The monoisotopic (exact) mass is 294 g/mol. The van der Waals surface area contributed by atoms with Gasteiger partial charge in [0.15, 0.2) is 5.96 Å². The highest BCUT2D eigenvalue weighted by Crippen LogP contribution is 2.26. The number of benzene rings is 1. The van der Waals surface area contributed by atoms with Crippen LogP contribution in [-0.4, -0.2) is 48.5 Å². The smallest absolute Gasteiger partial charge is 0.191 e. The molecule has 0 bridgehead atoms. The van der Waals surface area contributed by atoms with E-state index in [0.29, 0.717) is 5.96 Å². The molecule has 1 heterocycles. The number of halogens is 1. The minimum absolute atomic E-state index is 0.239. The summed E-state index contributed by atoms with van der Waals surface area (Å²) in [5.74, 6) is 0.650. The second-order valence-corrected chi connectivity index (χ2v) is 5.42. The van der Waals surface area contributed by atoms with Crippen LogP contribution >= 0.6 is 11.6 Å². The first-order chi connectivity index (χ1) is 9.65. The van der Waals surface area contributed by atoms with Gasteiger partial charge in [-0.15, -0.1) is 0 Å². The molecule has 1 unspecified atom stereocenters. The van der Waals surface area contributed by atoms with Crippen LogP contribution in [0.15, 0.2) is 29.3 Å². The Morgan fingerprint density at radius 3 is 2.55 bits per heavy atom. The molecule has 0 aromatic heterocycles. The standard InChI is InChI=1S/C15H23ClN4/c1-3-19(4-2)9-10-20-14(11-18-15(20)17)12-5-7-13(16)8-6-12/h5-8,14H,3-4,9-11H2,1-2H3,(H2,17,18). The van der Waals surface area contributed by atoms with Crippen molar-refractivity contribution < 1.29 is 0 Å². The van der Waals surface area contributed by atoms with E-state index >= 15 is 0 Å². The molecule has 0 saturated carbocycles. The molecule has 1 atom stereocenters. The van der Waals surface area contributed by atoms with Crippen LogP contribution in [0.4, 0.5) is 0 Å². The lowest BCUT2D eigenvalue weighted by atomic mass is 10.1.